The minimum atomic E-state index is 0.141. The van der Waals surface area contributed by atoms with Crippen LogP contribution in [0.1, 0.15) is 37.8 Å². The maximum absolute atomic E-state index is 12.3. The molecule has 2 N–H and O–H groups in total. The zero-order chi connectivity index (χ0) is 17.2. The summed E-state index contributed by atoms with van der Waals surface area (Å²) in [5.74, 6) is 0.670. The molecule has 0 spiro atoms. The molecule has 25 heavy (non-hydrogen) atoms. The predicted octanol–water partition coefficient (Wildman–Crippen LogP) is 4.46. The summed E-state index contributed by atoms with van der Waals surface area (Å²) in [6.07, 6.45) is 5.49. The Morgan fingerprint density at radius 1 is 1.28 bits per heavy atom. The van der Waals surface area contributed by atoms with Gasteiger partial charge < -0.3 is 10.6 Å². The maximum Gasteiger partial charge on any atom is 0.224 e. The Hall–Kier alpha value is -1.37. The van der Waals surface area contributed by atoms with Crippen LogP contribution in [-0.2, 0) is 4.79 Å². The Morgan fingerprint density at radius 3 is 2.64 bits per heavy atom. The first-order valence-corrected chi connectivity index (χ1v) is 10.6. The van der Waals surface area contributed by atoms with Gasteiger partial charge in [-0.3, -0.25) is 4.79 Å². The number of nitrogens with zero attached hydrogens (tertiary/aromatic N) is 1. The second-order valence-corrected chi connectivity index (χ2v) is 9.29. The second-order valence-electron chi connectivity index (χ2n) is 7.11. The first kappa shape index (κ1) is 17.1. The van der Waals surface area contributed by atoms with Crippen molar-refractivity contribution in [2.45, 2.75) is 60.3 Å². The molecule has 2 aliphatic heterocycles. The van der Waals surface area contributed by atoms with E-state index < -0.39 is 0 Å². The maximum atomic E-state index is 12.3. The van der Waals surface area contributed by atoms with Crippen molar-refractivity contribution >= 4 is 34.7 Å². The van der Waals surface area contributed by atoms with Crippen LogP contribution < -0.4 is 10.6 Å². The highest BCUT2D eigenvalue weighted by molar-refractivity contribution is 8.01. The van der Waals surface area contributed by atoms with Crippen molar-refractivity contribution in [3.05, 3.63) is 35.3 Å². The van der Waals surface area contributed by atoms with E-state index in [0.29, 0.717) is 24.4 Å². The zero-order valence-electron chi connectivity index (χ0n) is 14.3. The van der Waals surface area contributed by atoms with E-state index in [4.69, 9.17) is 0 Å². The van der Waals surface area contributed by atoms with Gasteiger partial charge in [0.2, 0.25) is 5.91 Å². The fourth-order valence-electron chi connectivity index (χ4n) is 3.90. The van der Waals surface area contributed by atoms with Crippen LogP contribution in [0.5, 0.6) is 0 Å². The second kappa shape index (κ2) is 7.48. The molecular formula is C19H23N3OS2. The molecule has 2 atom stereocenters. The summed E-state index contributed by atoms with van der Waals surface area (Å²) < 4.78 is 1.05. The van der Waals surface area contributed by atoms with Gasteiger partial charge in [0.05, 0.1) is 0 Å². The van der Waals surface area contributed by atoms with E-state index in [-0.39, 0.29) is 5.91 Å². The average molecular weight is 374 g/mol. The van der Waals surface area contributed by atoms with E-state index in [1.54, 1.807) is 23.1 Å². The Balaban J connectivity index is 1.29. The highest BCUT2D eigenvalue weighted by Gasteiger charge is 2.34. The number of thiazole rings is 1. The van der Waals surface area contributed by atoms with E-state index in [9.17, 15) is 4.79 Å². The van der Waals surface area contributed by atoms with Crippen LogP contribution >= 0.6 is 23.1 Å². The van der Waals surface area contributed by atoms with Crippen molar-refractivity contribution < 1.29 is 4.79 Å². The number of hydrogen-bond donors (Lipinski definition) is 2. The molecule has 2 aromatic rings. The number of fused-ring (bicyclic) bond motifs is 2. The van der Waals surface area contributed by atoms with Crippen LogP contribution in [-0.4, -0.2) is 23.0 Å². The van der Waals surface area contributed by atoms with Crippen LogP contribution in [0, 0.1) is 12.8 Å². The molecule has 2 aliphatic rings. The number of aryl methyl sites for hydroxylation is 1. The standard InChI is InChI=1S/C19H23N3OS2/c1-12-11-24-19(20-12)25-17-6-4-14(5-7-17)22-18(23)10-13-8-15-2-3-16(9-13)21-15/h4-7,11,13,15-16,21H,2-3,8-10H2,1H3,(H,22,23). The van der Waals surface area contributed by atoms with Crippen LogP contribution in [0.2, 0.25) is 0 Å². The molecule has 2 bridgehead atoms. The highest BCUT2D eigenvalue weighted by Crippen LogP contribution is 2.33. The molecule has 1 aromatic heterocycles. The third kappa shape index (κ3) is 4.43. The topological polar surface area (TPSA) is 54.0 Å². The smallest absolute Gasteiger partial charge is 0.224 e. The quantitative estimate of drug-likeness (QED) is 0.812. The predicted molar refractivity (Wildman–Crippen MR) is 103 cm³/mol. The van der Waals surface area contributed by atoms with E-state index in [1.807, 2.05) is 31.2 Å². The fraction of sp³-hybridized carbons (Fsp3) is 0.474. The average Bonchev–Trinajstić information content (AvgIpc) is 3.14. The van der Waals surface area contributed by atoms with Crippen LogP contribution in [0.15, 0.2) is 38.9 Å². The molecule has 0 aliphatic carbocycles. The minimum absolute atomic E-state index is 0.141. The third-order valence-electron chi connectivity index (χ3n) is 4.99. The van der Waals surface area contributed by atoms with E-state index in [0.717, 1.165) is 33.5 Å². The monoisotopic (exact) mass is 373 g/mol. The summed E-state index contributed by atoms with van der Waals surface area (Å²) in [6.45, 7) is 2.01. The molecule has 4 rings (SSSR count). The Kier molecular flexibility index (Phi) is 5.10. The van der Waals surface area contributed by atoms with Gasteiger partial charge in [-0.25, -0.2) is 4.98 Å². The number of amides is 1. The fourth-order valence-corrected chi connectivity index (χ4v) is 5.71. The molecule has 2 fully saturated rings. The number of carbonyl (C=O) groups is 1. The van der Waals surface area contributed by atoms with Gasteiger partial charge >= 0.3 is 0 Å². The van der Waals surface area contributed by atoms with E-state index in [1.165, 1.54) is 12.8 Å². The van der Waals surface area contributed by atoms with Crippen molar-refractivity contribution in [2.75, 3.05) is 5.32 Å². The number of anilines is 1. The molecule has 6 heteroatoms. The molecule has 0 saturated carbocycles. The summed E-state index contributed by atoms with van der Waals surface area (Å²) in [6, 6.07) is 9.33. The van der Waals surface area contributed by atoms with Crippen LogP contribution in [0.4, 0.5) is 5.69 Å². The van der Waals surface area contributed by atoms with Gasteiger partial charge in [0, 0.05) is 40.2 Å². The van der Waals surface area contributed by atoms with E-state index in [2.05, 4.69) is 21.0 Å². The largest absolute Gasteiger partial charge is 0.326 e. The molecule has 4 nitrogen and oxygen atoms in total. The van der Waals surface area contributed by atoms with Gasteiger partial charge in [-0.2, -0.15) is 0 Å². The van der Waals surface area contributed by atoms with Crippen LogP contribution in [0.3, 0.4) is 0 Å². The summed E-state index contributed by atoms with van der Waals surface area (Å²) in [5.41, 5.74) is 1.93. The molecule has 2 saturated heterocycles. The SMILES string of the molecule is Cc1csc(Sc2ccc(NC(=O)CC3CC4CCC(C3)N4)cc2)n1. The number of hydrogen-bond acceptors (Lipinski definition) is 5. The lowest BCUT2D eigenvalue weighted by Gasteiger charge is -2.28. The Morgan fingerprint density at radius 2 is 2.00 bits per heavy atom. The van der Waals surface area contributed by atoms with Gasteiger partial charge in [0.15, 0.2) is 4.34 Å². The van der Waals surface area contributed by atoms with Gasteiger partial charge in [-0.05, 0) is 62.8 Å². The number of aromatic nitrogens is 1. The Labute approximate surface area is 156 Å². The zero-order valence-corrected chi connectivity index (χ0v) is 16.0. The van der Waals surface area contributed by atoms with Crippen molar-refractivity contribution in [1.82, 2.24) is 10.3 Å². The Bertz CT molecular complexity index is 731. The summed E-state index contributed by atoms with van der Waals surface area (Å²) >= 11 is 3.32. The van der Waals surface area contributed by atoms with Gasteiger partial charge in [-0.1, -0.05) is 11.8 Å². The molecule has 132 valence electrons. The van der Waals surface area contributed by atoms with Gasteiger partial charge in [0.25, 0.3) is 0 Å². The van der Waals surface area contributed by atoms with Crippen molar-refractivity contribution in [1.29, 1.82) is 0 Å². The van der Waals surface area contributed by atoms with Crippen LogP contribution in [0.25, 0.3) is 0 Å². The number of carbonyl (C=O) groups excluding carboxylic acids is 1. The lowest BCUT2D eigenvalue weighted by molar-refractivity contribution is -0.117. The number of rotatable bonds is 5. The van der Waals surface area contributed by atoms with Gasteiger partial charge in [-0.15, -0.1) is 11.3 Å². The first-order chi connectivity index (χ1) is 12.1. The lowest BCUT2D eigenvalue weighted by atomic mass is 9.89. The number of nitrogens with one attached hydrogen (secondary N) is 2. The molecule has 1 amide bonds. The third-order valence-corrected chi connectivity index (χ3v) is 7.05. The molecule has 2 unspecified atom stereocenters. The number of benzene rings is 1. The number of piperidine rings is 1. The summed E-state index contributed by atoms with van der Waals surface area (Å²) in [7, 11) is 0. The lowest BCUT2D eigenvalue weighted by Crippen LogP contribution is -2.39. The minimum Gasteiger partial charge on any atom is -0.326 e. The van der Waals surface area contributed by atoms with Crippen molar-refractivity contribution in [3.63, 3.8) is 0 Å². The molecule has 0 radical (unpaired) electrons. The highest BCUT2D eigenvalue weighted by atomic mass is 32.2. The van der Waals surface area contributed by atoms with E-state index >= 15 is 0 Å². The molecule has 1 aromatic carbocycles. The normalized spacial score (nSPS) is 25.1. The van der Waals surface area contributed by atoms with Gasteiger partial charge in [0.1, 0.15) is 0 Å². The first-order valence-electron chi connectivity index (χ1n) is 8.90. The summed E-state index contributed by atoms with van der Waals surface area (Å²) in [4.78, 5) is 18.0. The molecular weight excluding hydrogens is 350 g/mol. The summed E-state index contributed by atoms with van der Waals surface area (Å²) in [5, 5.41) is 8.74. The molecule has 3 heterocycles. The van der Waals surface area contributed by atoms with Crippen molar-refractivity contribution in [2.24, 2.45) is 5.92 Å². The van der Waals surface area contributed by atoms with Crippen molar-refractivity contribution in [3.8, 4) is 0 Å².